The highest BCUT2D eigenvalue weighted by molar-refractivity contribution is 7.47. The van der Waals surface area contributed by atoms with E-state index in [0.717, 1.165) is 30.3 Å². The lowest BCUT2D eigenvalue weighted by Gasteiger charge is -2.47. The number of rotatable bonds is 21. The SMILES string of the molecule is [2H]C([2H])([2H])Oc1cc([C@@H]2c3cc4c(cc3[C@@H](O[C@@H]3O[C@@H]5CO[C@@H](C)O[C@H]5[C@H](O)[C@H]3O)[C@H]3C([2H])([2H])OC(=O)[C@]23[2H])OCO4)cc(OC([2H])([2H])[2H])c1OP(=O)(O)O.[2H]C([2H])([2H])Oc1cc([C@]2([2H])c3cc4c(cc3[C@@H](O[C@@H]3O[C@@H]5CO[C@@H](C)O[C@H]5[C@H](O)[C@H]3O)[C@H]3C([2H])([2H])OC(=O)[C@@]32[2H])OCO4)cc(OC([2H])([2H])[2H])c1OP(=O)(O)O.[2H]C([2H])([2H])Oc1cc([C@]2([2H])c3cc4c(cc3[C@@H](O[C@@H]3O[C@@H]5CO[C@@H](C)O[C@H]5[C@H](O)[C@H]3O)[C@H]3COC(=O)[C@@]32[2H])OCO4)cc(OC([2H])([2H])[2H])c1OP(=O)(O)O. The second-order valence-corrected chi connectivity index (χ2v) is 36.1. The molecule has 0 spiro atoms. The maximum Gasteiger partial charge on any atom is 0.525 e. The van der Waals surface area contributed by atoms with Gasteiger partial charge in [0.2, 0.25) is 37.6 Å². The number of aliphatic hydroxyl groups is 6. The van der Waals surface area contributed by atoms with E-state index < -0.39 is 354 Å². The number of fused-ring (bicyclic) bond motifs is 12. The van der Waals surface area contributed by atoms with Crippen LogP contribution >= 0.6 is 23.5 Å². The summed E-state index contributed by atoms with van der Waals surface area (Å²) >= 11 is 0. The number of hydrogen-bond donors (Lipinski definition) is 12. The van der Waals surface area contributed by atoms with Crippen LogP contribution < -0.4 is 70.4 Å². The molecule has 9 fully saturated rings. The Morgan fingerprint density at radius 2 is 0.623 bits per heavy atom. The van der Waals surface area contributed by atoms with Crippen LogP contribution in [0.3, 0.4) is 0 Å². The molecule has 3 aliphatic carbocycles. The number of esters is 3. The third-order valence-electron chi connectivity index (χ3n) is 24.5. The minimum Gasteiger partial charge on any atom is -0.493 e. The van der Waals surface area contributed by atoms with Gasteiger partial charge in [-0.2, -0.15) is 0 Å². The summed E-state index contributed by atoms with van der Waals surface area (Å²) in [5.74, 6) is -36.4. The van der Waals surface area contributed by atoms with Gasteiger partial charge < -0.3 is 172 Å². The predicted molar refractivity (Wildman–Crippen MR) is 448 cm³/mol. The van der Waals surface area contributed by atoms with E-state index in [1.807, 2.05) is 0 Å². The van der Waals surface area contributed by atoms with Crippen molar-refractivity contribution in [3.63, 3.8) is 0 Å². The number of carbonyl (C=O) groups excluding carboxylic acids is 3. The molecular formula is C87H99O48P3. The lowest BCUT2D eigenvalue weighted by molar-refractivity contribution is -0.364. The van der Waals surface area contributed by atoms with Crippen LogP contribution in [0.2, 0.25) is 0 Å². The molecule has 0 unspecified atom stereocenters. The minimum atomic E-state index is -5.65. The summed E-state index contributed by atoms with van der Waals surface area (Å²) in [4.78, 5) is 99.8. The molecule has 0 saturated carbocycles. The predicted octanol–water partition coefficient (Wildman–Crippen LogP) is 3.31. The number of cyclic esters (lactones) is 3. The molecule has 48 nitrogen and oxygen atoms in total. The maximum atomic E-state index is 14.0. The summed E-state index contributed by atoms with van der Waals surface area (Å²) in [7, 11) is -37.2. The van der Waals surface area contributed by atoms with Crippen molar-refractivity contribution < 1.29 is 267 Å². The van der Waals surface area contributed by atoms with E-state index in [-0.39, 0.29) is 108 Å². The van der Waals surface area contributed by atoms with E-state index in [2.05, 4.69) is 13.6 Å². The quantitative estimate of drug-likeness (QED) is 0.0279. The van der Waals surface area contributed by atoms with Crippen LogP contribution in [0.5, 0.6) is 86.2 Å². The average Bonchev–Trinajstić information content (AvgIpc) is 1.52. The first-order valence-corrected chi connectivity index (χ1v) is 45.9. The fourth-order valence-electron chi connectivity index (χ4n) is 18.7. The van der Waals surface area contributed by atoms with Crippen LogP contribution in [0.25, 0.3) is 0 Å². The fourth-order valence-corrected chi connectivity index (χ4v) is 19.9. The van der Waals surface area contributed by atoms with E-state index in [4.69, 9.17) is 158 Å². The number of aliphatic hydroxyl groups excluding tert-OH is 6. The Labute approximate surface area is 820 Å². The molecule has 9 saturated heterocycles. The fraction of sp³-hybridized carbons (Fsp3) is 0.552. The molecule has 138 heavy (non-hydrogen) atoms. The van der Waals surface area contributed by atoms with E-state index >= 15 is 0 Å². The van der Waals surface area contributed by atoms with Crippen molar-refractivity contribution in [1.82, 2.24) is 0 Å². The average molecular weight is 2030 g/mol. The second kappa shape index (κ2) is 38.4. The van der Waals surface area contributed by atoms with E-state index in [9.17, 15) is 94.9 Å². The standard InChI is InChI=1S/3C29H33O16P/c3*1-11-38-9-20-27(42-11)23(30)24(31)29(43-20)44-25-14-7-17-16(40-10-41-17)6-13(14)21(22-15(25)8-39-28(22)32)12-4-18(36-2)26(19(5-12)37-3)45-46(33,34)35/h3*4-7,11,15,20-25,27,29-31H,8-10H2,1-3H3,(H2,33,34,35)/t3*11-,15+,20-,21-,22+,23-,24-,25-,27-,29+/m111/s1/i2D3,3D3,8D2,21D,22D;2D3,3D3,21D,22D;2D3,3D3,8D2,22D. The first kappa shape index (κ1) is 69.4. The van der Waals surface area contributed by atoms with Gasteiger partial charge >= 0.3 is 41.4 Å². The highest BCUT2D eigenvalue weighted by atomic mass is 31.2. The number of benzene rings is 6. The second-order valence-electron chi connectivity index (χ2n) is 32.6. The van der Waals surface area contributed by atoms with Crippen LogP contribution in [0.1, 0.15) is 144 Å². The third-order valence-corrected chi connectivity index (χ3v) is 25.7. The van der Waals surface area contributed by atoms with Gasteiger partial charge in [0.15, 0.2) is 107 Å². The first-order valence-electron chi connectivity index (χ1n) is 54.8. The van der Waals surface area contributed by atoms with Crippen molar-refractivity contribution in [1.29, 1.82) is 0 Å². The Kier molecular flexibility index (Phi) is 19.3. The minimum absolute atomic E-state index is 0.000461. The van der Waals surface area contributed by atoms with Gasteiger partial charge in [-0.25, -0.2) is 13.7 Å². The Morgan fingerprint density at radius 3 is 0.957 bits per heavy atom. The Hall–Kier alpha value is -9.54. The van der Waals surface area contributed by atoms with Gasteiger partial charge in [0.05, 0.1) is 148 Å². The summed E-state index contributed by atoms with van der Waals surface area (Å²) < 4.78 is 422. The summed E-state index contributed by atoms with van der Waals surface area (Å²) in [5.41, 5.74) is -2.62. The zero-order valence-electron chi connectivity index (χ0n) is 97.7. The number of hydrogen-bond acceptors (Lipinski definition) is 42. The van der Waals surface area contributed by atoms with Crippen molar-refractivity contribution in [3.05, 3.63) is 123 Å². The highest BCUT2D eigenvalue weighted by Crippen LogP contribution is 2.64. The molecule has 12 aliphatic heterocycles. The Bertz CT molecular complexity index is 6910. The van der Waals surface area contributed by atoms with Crippen molar-refractivity contribution in [2.45, 2.75) is 168 Å². The first-order chi connectivity index (χ1) is 76.1. The van der Waals surface area contributed by atoms with Crippen molar-refractivity contribution >= 4 is 41.4 Å². The summed E-state index contributed by atoms with van der Waals surface area (Å²) in [5, 5.41) is 66.5. The van der Waals surface area contributed by atoms with Crippen LogP contribution in [0.4, 0.5) is 0 Å². The molecule has 6 aromatic rings. The summed E-state index contributed by atoms with van der Waals surface area (Å²) in [6.45, 7) is -3.33. The summed E-state index contributed by atoms with van der Waals surface area (Å²) in [6.07, 6.45) is -28.9. The van der Waals surface area contributed by atoms with Crippen LogP contribution in [0.15, 0.2) is 72.8 Å². The molecular weight excluding hydrogens is 1910 g/mol. The highest BCUT2D eigenvalue weighted by Gasteiger charge is 2.62. The molecule has 21 rings (SSSR count). The van der Waals surface area contributed by atoms with Gasteiger partial charge in [0.25, 0.3) is 0 Å². The van der Waals surface area contributed by atoms with Crippen LogP contribution in [-0.4, -0.2) is 291 Å². The van der Waals surface area contributed by atoms with Gasteiger partial charge in [-0.15, -0.1) is 0 Å². The molecule has 750 valence electrons. The van der Waals surface area contributed by atoms with E-state index in [0.29, 0.717) is 12.1 Å². The molecule has 15 aliphatic rings. The van der Waals surface area contributed by atoms with E-state index in [1.165, 1.54) is 30.3 Å². The van der Waals surface area contributed by atoms with Gasteiger partial charge in [0, 0.05) is 42.3 Å². The largest absolute Gasteiger partial charge is 0.525 e. The van der Waals surface area contributed by atoms with Gasteiger partial charge in [0.1, 0.15) is 73.2 Å². The van der Waals surface area contributed by atoms with Crippen molar-refractivity contribution in [3.8, 4) is 86.2 Å². The number of ether oxygens (including phenoxy) is 27. The zero-order chi connectivity index (χ0) is 121. The van der Waals surface area contributed by atoms with Crippen molar-refractivity contribution in [2.24, 2.45) is 35.4 Å². The number of methoxy groups -OCH3 is 6. The molecule has 0 aromatic heterocycles. The molecule has 51 heteroatoms. The van der Waals surface area contributed by atoms with Crippen molar-refractivity contribution in [2.75, 3.05) is 102 Å². The number of carbonyl (C=O) groups is 3. The lowest BCUT2D eigenvalue weighted by atomic mass is 9.66. The molecule has 12 N–H and O–H groups in total. The summed E-state index contributed by atoms with van der Waals surface area (Å²) in [6, 6.07) is 11.9. The molecule has 6 aromatic carbocycles. The Morgan fingerprint density at radius 1 is 0.341 bits per heavy atom. The lowest BCUT2D eigenvalue weighted by Crippen LogP contribution is -2.63. The maximum absolute atomic E-state index is 14.0. The smallest absolute Gasteiger partial charge is 0.493 e. The normalized spacial score (nSPS) is 41.5. The van der Waals surface area contributed by atoms with Crippen LogP contribution in [0, 0.1) is 35.4 Å². The molecule has 0 radical (unpaired) electrons. The monoisotopic (exact) mass is 2030 g/mol. The molecule has 0 bridgehead atoms. The van der Waals surface area contributed by atoms with Gasteiger partial charge in [-0.3, -0.25) is 43.7 Å². The number of phosphoric acid groups is 3. The third kappa shape index (κ3) is 18.3. The number of phosphoric ester groups is 3. The van der Waals surface area contributed by atoms with Crippen LogP contribution in [-0.2, 0) is 99.1 Å². The topological polar surface area (TPSA) is 622 Å². The molecule has 30 atom stereocenters. The molecule has 0 amide bonds. The zero-order valence-corrected chi connectivity index (χ0v) is 73.4. The Balaban J connectivity index is 0.000000152. The molecule has 12 heterocycles. The van der Waals surface area contributed by atoms with E-state index in [1.54, 1.807) is 20.8 Å². The van der Waals surface area contributed by atoms with Gasteiger partial charge in [-0.1, -0.05) is 0 Å². The van der Waals surface area contributed by atoms with Gasteiger partial charge in [-0.05, 0) is 144 Å².